The summed E-state index contributed by atoms with van der Waals surface area (Å²) in [4.78, 5) is 8.94. The average molecular weight is 280 g/mol. The number of fused-ring (bicyclic) bond motifs is 5. The molecule has 0 N–H and O–H groups in total. The Morgan fingerprint density at radius 1 is 0.727 bits per heavy atom. The minimum atomic E-state index is 0.587. The number of nitrogens with zero attached hydrogens (tertiary/aromatic N) is 2. The van der Waals surface area contributed by atoms with Gasteiger partial charge in [0.15, 0.2) is 0 Å². The summed E-state index contributed by atoms with van der Waals surface area (Å²) >= 11 is 0. The molecule has 0 atom stereocenters. The number of benzene rings is 2. The zero-order chi connectivity index (χ0) is 15.1. The van der Waals surface area contributed by atoms with Gasteiger partial charge in [-0.1, -0.05) is 12.1 Å². The Hall–Kier alpha value is -3.10. The molecular formula is C20H12N2. The third-order valence-electron chi connectivity index (χ3n) is 4.10. The molecule has 0 bridgehead atoms. The Balaban J connectivity index is 2.05. The second-order valence-corrected chi connectivity index (χ2v) is 5.34. The van der Waals surface area contributed by atoms with Crippen LogP contribution in [0, 0.1) is 24.7 Å². The van der Waals surface area contributed by atoms with Crippen LogP contribution in [0.25, 0.3) is 21.9 Å². The average Bonchev–Trinajstić information content (AvgIpc) is 3.13. The molecule has 102 valence electrons. The first-order valence-corrected chi connectivity index (χ1v) is 7.10. The van der Waals surface area contributed by atoms with E-state index < -0.39 is 0 Å². The van der Waals surface area contributed by atoms with Crippen molar-refractivity contribution in [1.29, 1.82) is 0 Å². The number of hydrogen-bond acceptors (Lipinski definition) is 2. The molecular weight excluding hydrogens is 268 g/mol. The van der Waals surface area contributed by atoms with Crippen molar-refractivity contribution in [3.05, 3.63) is 58.5 Å². The molecule has 0 aliphatic carbocycles. The van der Waals surface area contributed by atoms with E-state index in [1.165, 1.54) is 10.8 Å². The number of rotatable bonds is 2. The van der Waals surface area contributed by atoms with Crippen molar-refractivity contribution >= 4 is 21.9 Å². The topological polar surface area (TPSA) is 24.7 Å². The molecule has 22 heavy (non-hydrogen) atoms. The molecule has 0 amide bonds. The van der Waals surface area contributed by atoms with Crippen LogP contribution in [0.3, 0.4) is 0 Å². The first kappa shape index (κ1) is 12.6. The Bertz CT molecular complexity index is 994. The van der Waals surface area contributed by atoms with Gasteiger partial charge in [0, 0.05) is 36.4 Å². The summed E-state index contributed by atoms with van der Waals surface area (Å²) in [7, 11) is 0. The van der Waals surface area contributed by atoms with E-state index >= 15 is 0 Å². The van der Waals surface area contributed by atoms with Gasteiger partial charge in [0.25, 0.3) is 0 Å². The number of allylic oxidation sites excluding steroid dienone is 2. The fraction of sp³-hybridized carbons (Fsp3) is 0.100. The zero-order valence-corrected chi connectivity index (χ0v) is 11.9. The van der Waals surface area contributed by atoms with Crippen LogP contribution < -0.4 is 10.7 Å². The van der Waals surface area contributed by atoms with Crippen LogP contribution in [-0.4, -0.2) is 0 Å². The number of terminal acetylenes is 2. The van der Waals surface area contributed by atoms with Gasteiger partial charge in [-0.2, -0.15) is 0 Å². The van der Waals surface area contributed by atoms with E-state index in [1.807, 2.05) is 24.5 Å². The molecule has 0 fully saturated rings. The van der Waals surface area contributed by atoms with Crippen molar-refractivity contribution in [2.24, 2.45) is 9.98 Å². The predicted octanol–water partition coefficient (Wildman–Crippen LogP) is 2.83. The summed E-state index contributed by atoms with van der Waals surface area (Å²) in [5, 5.41) is 4.29. The summed E-state index contributed by atoms with van der Waals surface area (Å²) in [6.07, 6.45) is 15.9. The van der Waals surface area contributed by atoms with Crippen LogP contribution in [0.2, 0.25) is 0 Å². The van der Waals surface area contributed by atoms with Gasteiger partial charge in [0.2, 0.25) is 0 Å². The molecule has 2 aromatic carbocycles. The van der Waals surface area contributed by atoms with Crippen molar-refractivity contribution < 1.29 is 0 Å². The van der Waals surface area contributed by atoms with E-state index in [4.69, 9.17) is 12.8 Å². The minimum Gasteiger partial charge on any atom is -0.256 e. The Kier molecular flexibility index (Phi) is 2.71. The summed E-state index contributed by atoms with van der Waals surface area (Å²) in [5.41, 5.74) is 4.48. The second-order valence-electron chi connectivity index (χ2n) is 5.34. The first-order chi connectivity index (χ1) is 10.8. The summed E-state index contributed by atoms with van der Waals surface area (Å²) in [6, 6.07) is 8.30. The van der Waals surface area contributed by atoms with E-state index in [-0.39, 0.29) is 0 Å². The van der Waals surface area contributed by atoms with Gasteiger partial charge in [-0.25, -0.2) is 0 Å². The molecule has 0 radical (unpaired) electrons. The Morgan fingerprint density at radius 2 is 1.18 bits per heavy atom. The Morgan fingerprint density at radius 3 is 1.59 bits per heavy atom. The van der Waals surface area contributed by atoms with Crippen LogP contribution in [0.4, 0.5) is 0 Å². The lowest BCUT2D eigenvalue weighted by Crippen LogP contribution is -2.10. The third-order valence-corrected chi connectivity index (χ3v) is 4.10. The lowest BCUT2D eigenvalue weighted by Gasteiger charge is -2.09. The van der Waals surface area contributed by atoms with Gasteiger partial charge in [-0.05, 0) is 34.1 Å². The highest BCUT2D eigenvalue weighted by Gasteiger charge is 2.18. The highest BCUT2D eigenvalue weighted by molar-refractivity contribution is 6.01. The first-order valence-electron chi connectivity index (χ1n) is 7.10. The van der Waals surface area contributed by atoms with Gasteiger partial charge >= 0.3 is 0 Å². The van der Waals surface area contributed by atoms with Gasteiger partial charge in [0.1, 0.15) is 0 Å². The van der Waals surface area contributed by atoms with Crippen LogP contribution in [-0.2, 0) is 0 Å². The monoisotopic (exact) mass is 280 g/mol. The van der Waals surface area contributed by atoms with Crippen LogP contribution in [0.1, 0.15) is 24.0 Å². The van der Waals surface area contributed by atoms with Crippen LogP contribution in [0.15, 0.2) is 46.7 Å². The van der Waals surface area contributed by atoms with E-state index in [9.17, 15) is 0 Å². The smallest absolute Gasteiger partial charge is 0.0712 e. The van der Waals surface area contributed by atoms with Crippen LogP contribution >= 0.6 is 0 Å². The molecule has 0 spiro atoms. The quantitative estimate of drug-likeness (QED) is 0.756. The van der Waals surface area contributed by atoms with Crippen molar-refractivity contribution in [2.75, 3.05) is 0 Å². The van der Waals surface area contributed by atoms with E-state index in [2.05, 4.69) is 34.0 Å². The summed E-state index contributed by atoms with van der Waals surface area (Å²) < 4.78 is 0. The zero-order valence-electron chi connectivity index (χ0n) is 11.9. The third kappa shape index (κ3) is 1.65. The lowest BCUT2D eigenvalue weighted by atomic mass is 9.92. The van der Waals surface area contributed by atoms with Gasteiger partial charge < -0.3 is 0 Å². The number of hydrogen-bond donors (Lipinski definition) is 0. The molecule has 2 nitrogen and oxygen atoms in total. The molecule has 0 unspecified atom stereocenters. The standard InChI is InChI=1S/C20H12N2/c1-3-5-13-11-21-17-9-8-16-15(19(13)17)7-10-18-20(16)14(6-4-2)12-22-18/h1-2,7-12H,5-6H2. The molecule has 2 aromatic rings. The fourth-order valence-corrected chi connectivity index (χ4v) is 3.18. The summed E-state index contributed by atoms with van der Waals surface area (Å²) in [6.45, 7) is 0. The molecule has 2 aliphatic rings. The fourth-order valence-electron chi connectivity index (χ4n) is 3.18. The molecule has 2 heteroatoms. The maximum atomic E-state index is 5.48. The Labute approximate surface area is 128 Å². The highest BCUT2D eigenvalue weighted by atomic mass is 14.7. The predicted molar refractivity (Wildman–Crippen MR) is 89.1 cm³/mol. The molecule has 0 saturated carbocycles. The normalized spacial score (nSPS) is 14.1. The maximum absolute atomic E-state index is 5.48. The summed E-state index contributed by atoms with van der Waals surface area (Å²) in [5.74, 6) is 5.42. The molecule has 2 heterocycles. The molecule has 2 aliphatic heterocycles. The van der Waals surface area contributed by atoms with Crippen molar-refractivity contribution in [3.63, 3.8) is 0 Å². The van der Waals surface area contributed by atoms with E-state index in [0.717, 1.165) is 33.0 Å². The van der Waals surface area contributed by atoms with Crippen molar-refractivity contribution in [1.82, 2.24) is 0 Å². The van der Waals surface area contributed by atoms with Crippen molar-refractivity contribution in [3.8, 4) is 24.7 Å². The second kappa shape index (κ2) is 4.72. The molecule has 4 rings (SSSR count). The highest BCUT2D eigenvalue weighted by Crippen LogP contribution is 2.31. The molecule has 0 saturated heterocycles. The van der Waals surface area contributed by atoms with E-state index in [0.29, 0.717) is 12.8 Å². The maximum Gasteiger partial charge on any atom is 0.0712 e. The SMILES string of the molecule is C#CCC1=CN=c2ccc3c4c(ccc3c21)=NC=C4CC#C. The van der Waals surface area contributed by atoms with E-state index in [1.54, 1.807) is 0 Å². The van der Waals surface area contributed by atoms with Gasteiger partial charge in [0.05, 0.1) is 10.7 Å². The largest absolute Gasteiger partial charge is 0.256 e. The lowest BCUT2D eigenvalue weighted by molar-refractivity contribution is 1.38. The van der Waals surface area contributed by atoms with Gasteiger partial charge in [-0.3, -0.25) is 9.98 Å². The molecule has 0 aromatic heterocycles. The van der Waals surface area contributed by atoms with Gasteiger partial charge in [-0.15, -0.1) is 24.7 Å². The van der Waals surface area contributed by atoms with Crippen LogP contribution in [0.5, 0.6) is 0 Å². The minimum absolute atomic E-state index is 0.587. The van der Waals surface area contributed by atoms with Crippen molar-refractivity contribution in [2.45, 2.75) is 12.8 Å².